The topological polar surface area (TPSA) is 0 Å². The lowest BCUT2D eigenvalue weighted by Gasteiger charge is -2.59. The van der Waals surface area contributed by atoms with Crippen LogP contribution in [-0.4, -0.2) is 0 Å². The molecule has 4 fully saturated rings. The van der Waals surface area contributed by atoms with Gasteiger partial charge in [-0.05, 0) is 115 Å². The van der Waals surface area contributed by atoms with E-state index in [1.54, 1.807) is 11.1 Å². The van der Waals surface area contributed by atoms with Gasteiger partial charge in [0.25, 0.3) is 0 Å². The van der Waals surface area contributed by atoms with Crippen molar-refractivity contribution in [3.63, 3.8) is 0 Å². The maximum Gasteiger partial charge on any atom is -0.00594 e. The van der Waals surface area contributed by atoms with E-state index in [1.165, 1.54) is 57.8 Å². The second kappa shape index (κ2) is 8.34. The maximum absolute atomic E-state index is 2.70. The van der Waals surface area contributed by atoms with Crippen LogP contribution < -0.4 is 0 Å². The zero-order chi connectivity index (χ0) is 21.7. The van der Waals surface area contributed by atoms with Crippen molar-refractivity contribution in [3.8, 4) is 0 Å². The molecule has 0 nitrogen and oxygen atoms in total. The highest BCUT2D eigenvalue weighted by Crippen LogP contribution is 2.67. The SMILES string of the molecule is CC[C@H]1CC[C@H]2[C@@H]3CCC4CCC(c5ccccc5)[C@@H](c5ccccc5)[C@@H]4[C@H]3CC[C@]12C. The molecule has 0 aliphatic heterocycles. The molecule has 2 unspecified atom stereocenters. The van der Waals surface area contributed by atoms with Crippen molar-refractivity contribution < 1.29 is 0 Å². The minimum atomic E-state index is 0.637. The molecule has 0 radical (unpaired) electrons. The van der Waals surface area contributed by atoms with Gasteiger partial charge < -0.3 is 0 Å². The van der Waals surface area contributed by atoms with Gasteiger partial charge in [0.05, 0.1) is 0 Å². The first-order valence-corrected chi connectivity index (χ1v) is 13.8. The van der Waals surface area contributed by atoms with Crippen LogP contribution in [-0.2, 0) is 0 Å². The number of benzene rings is 2. The summed E-state index contributed by atoms with van der Waals surface area (Å²) in [6.07, 6.45) is 13.3. The molecule has 2 aromatic rings. The molecule has 0 saturated heterocycles. The Morgan fingerprint density at radius 1 is 0.719 bits per heavy atom. The van der Waals surface area contributed by atoms with Crippen molar-refractivity contribution in [2.75, 3.05) is 0 Å². The van der Waals surface area contributed by atoms with Gasteiger partial charge in [0.1, 0.15) is 0 Å². The molecule has 4 saturated carbocycles. The van der Waals surface area contributed by atoms with Crippen molar-refractivity contribution in [2.45, 2.75) is 83.5 Å². The molecule has 0 aromatic heterocycles. The number of hydrogen-bond donors (Lipinski definition) is 0. The predicted octanol–water partition coefficient (Wildman–Crippen LogP) is 8.84. The van der Waals surface area contributed by atoms with E-state index in [4.69, 9.17) is 0 Å². The van der Waals surface area contributed by atoms with Gasteiger partial charge in [-0.1, -0.05) is 80.9 Å². The molecule has 4 aliphatic rings. The summed E-state index contributed by atoms with van der Waals surface area (Å²) >= 11 is 0. The van der Waals surface area contributed by atoms with Gasteiger partial charge in [0.2, 0.25) is 0 Å². The zero-order valence-electron chi connectivity index (χ0n) is 20.3. The van der Waals surface area contributed by atoms with Gasteiger partial charge in [0, 0.05) is 0 Å². The summed E-state index contributed by atoms with van der Waals surface area (Å²) in [5, 5.41) is 0. The molecule has 2 aromatic carbocycles. The van der Waals surface area contributed by atoms with E-state index >= 15 is 0 Å². The van der Waals surface area contributed by atoms with Crippen LogP contribution in [0.25, 0.3) is 0 Å². The van der Waals surface area contributed by atoms with Gasteiger partial charge in [-0.2, -0.15) is 0 Å². The Morgan fingerprint density at radius 3 is 2.12 bits per heavy atom. The van der Waals surface area contributed by atoms with E-state index in [1.807, 2.05) is 0 Å². The molecule has 9 atom stereocenters. The fraction of sp³-hybridized carbons (Fsp3) is 0.625. The van der Waals surface area contributed by atoms with Gasteiger partial charge in [-0.3, -0.25) is 0 Å². The molecular formula is C32H42. The van der Waals surface area contributed by atoms with Crippen LogP contribution in [0.3, 0.4) is 0 Å². The number of hydrogen-bond acceptors (Lipinski definition) is 0. The summed E-state index contributed by atoms with van der Waals surface area (Å²) < 4.78 is 0. The summed E-state index contributed by atoms with van der Waals surface area (Å²) in [5.74, 6) is 7.18. The Bertz CT molecular complexity index is 900. The van der Waals surface area contributed by atoms with Gasteiger partial charge in [-0.25, -0.2) is 0 Å². The Balaban J connectivity index is 1.39. The molecule has 32 heavy (non-hydrogen) atoms. The molecule has 0 spiro atoms. The maximum atomic E-state index is 2.70. The van der Waals surface area contributed by atoms with Crippen LogP contribution in [0.15, 0.2) is 60.7 Å². The van der Waals surface area contributed by atoms with Crippen LogP contribution in [0, 0.1) is 40.9 Å². The van der Waals surface area contributed by atoms with Crippen LogP contribution in [0.1, 0.15) is 94.6 Å². The highest BCUT2D eigenvalue weighted by Gasteiger charge is 2.58. The predicted molar refractivity (Wildman–Crippen MR) is 135 cm³/mol. The first kappa shape index (κ1) is 21.0. The quantitative estimate of drug-likeness (QED) is 0.460. The lowest BCUT2D eigenvalue weighted by molar-refractivity contribution is -0.0724. The average Bonchev–Trinajstić information content (AvgIpc) is 3.20. The normalized spacial score (nSPS) is 43.2. The highest BCUT2D eigenvalue weighted by molar-refractivity contribution is 5.31. The van der Waals surface area contributed by atoms with E-state index in [9.17, 15) is 0 Å². The minimum Gasteiger partial charge on any atom is -0.0651 e. The van der Waals surface area contributed by atoms with Crippen molar-refractivity contribution >= 4 is 0 Å². The summed E-state index contributed by atoms with van der Waals surface area (Å²) in [4.78, 5) is 0. The van der Waals surface area contributed by atoms with Crippen LogP contribution in [0.5, 0.6) is 0 Å². The average molecular weight is 427 g/mol. The lowest BCUT2D eigenvalue weighted by Crippen LogP contribution is -2.50. The Kier molecular flexibility index (Phi) is 5.47. The van der Waals surface area contributed by atoms with E-state index in [-0.39, 0.29) is 0 Å². The van der Waals surface area contributed by atoms with Crippen LogP contribution >= 0.6 is 0 Å². The number of rotatable bonds is 3. The summed E-state index contributed by atoms with van der Waals surface area (Å²) in [6.45, 7) is 5.15. The van der Waals surface area contributed by atoms with Crippen molar-refractivity contribution in [2.24, 2.45) is 40.9 Å². The van der Waals surface area contributed by atoms with E-state index in [0.29, 0.717) is 17.3 Å². The van der Waals surface area contributed by atoms with Gasteiger partial charge >= 0.3 is 0 Å². The monoisotopic (exact) mass is 426 g/mol. The van der Waals surface area contributed by atoms with Gasteiger partial charge in [-0.15, -0.1) is 0 Å². The van der Waals surface area contributed by atoms with Crippen LogP contribution in [0.2, 0.25) is 0 Å². The third-order valence-electron chi connectivity index (χ3n) is 11.2. The summed E-state index contributed by atoms with van der Waals surface area (Å²) in [6, 6.07) is 23.3. The molecule has 0 heterocycles. The van der Waals surface area contributed by atoms with Crippen molar-refractivity contribution in [1.29, 1.82) is 0 Å². The molecule has 0 amide bonds. The lowest BCUT2D eigenvalue weighted by atomic mass is 9.46. The molecule has 0 heteroatoms. The third kappa shape index (κ3) is 3.23. The van der Waals surface area contributed by atoms with Crippen molar-refractivity contribution in [1.82, 2.24) is 0 Å². The zero-order valence-corrected chi connectivity index (χ0v) is 20.3. The molecule has 170 valence electrons. The smallest absolute Gasteiger partial charge is 0.00594 e. The van der Waals surface area contributed by atoms with E-state index in [0.717, 1.165) is 35.5 Å². The van der Waals surface area contributed by atoms with E-state index < -0.39 is 0 Å². The fourth-order valence-electron chi connectivity index (χ4n) is 9.88. The second-order valence-corrected chi connectivity index (χ2v) is 12.1. The van der Waals surface area contributed by atoms with Gasteiger partial charge in [0.15, 0.2) is 0 Å². The molecular weight excluding hydrogens is 384 g/mol. The highest BCUT2D eigenvalue weighted by atomic mass is 14.6. The molecule has 6 rings (SSSR count). The molecule has 0 bridgehead atoms. The summed E-state index contributed by atoms with van der Waals surface area (Å²) in [5.41, 5.74) is 3.86. The van der Waals surface area contributed by atoms with Crippen molar-refractivity contribution in [3.05, 3.63) is 71.8 Å². The Labute approximate surface area is 196 Å². The van der Waals surface area contributed by atoms with Crippen LogP contribution in [0.4, 0.5) is 0 Å². The third-order valence-corrected chi connectivity index (χ3v) is 11.2. The Morgan fingerprint density at radius 2 is 1.41 bits per heavy atom. The minimum absolute atomic E-state index is 0.637. The Hall–Kier alpha value is -1.56. The summed E-state index contributed by atoms with van der Waals surface area (Å²) in [7, 11) is 0. The standard InChI is InChI=1S/C32H42/c1-3-25-16-19-29-27-18-15-24-14-17-26(22-10-6-4-7-11-22)30(23-12-8-5-9-13-23)31(24)28(27)20-21-32(25,29)2/h4-13,24-31H,3,14-21H2,1-2H3/t24?,25-,26?,27+,28-,29-,30+,31-,32+/m0/s1. The second-order valence-electron chi connectivity index (χ2n) is 12.1. The largest absolute Gasteiger partial charge is 0.0651 e. The first-order valence-electron chi connectivity index (χ1n) is 13.8. The molecule has 4 aliphatic carbocycles. The van der Waals surface area contributed by atoms with E-state index in [2.05, 4.69) is 74.5 Å². The fourth-order valence-corrected chi connectivity index (χ4v) is 9.88. The first-order chi connectivity index (χ1) is 15.7. The molecule has 0 N–H and O–H groups in total. The number of fused-ring (bicyclic) bond motifs is 5.